The van der Waals surface area contributed by atoms with E-state index in [4.69, 9.17) is 11.6 Å². The van der Waals surface area contributed by atoms with Gasteiger partial charge in [0.05, 0.1) is 5.56 Å². The quantitative estimate of drug-likeness (QED) is 0.880. The number of carbonyl (C=O) groups excluding carboxylic acids is 1. The van der Waals surface area contributed by atoms with Crippen LogP contribution in [0.15, 0.2) is 22.7 Å². The molecular formula is C13H15BrClNO3. The van der Waals surface area contributed by atoms with E-state index in [1.54, 1.807) is 39.0 Å². The third-order valence-electron chi connectivity index (χ3n) is 2.56. The van der Waals surface area contributed by atoms with E-state index >= 15 is 0 Å². The Labute approximate surface area is 125 Å². The zero-order valence-corrected chi connectivity index (χ0v) is 13.2. The van der Waals surface area contributed by atoms with Crippen LogP contribution in [-0.2, 0) is 4.79 Å². The summed E-state index contributed by atoms with van der Waals surface area (Å²) in [4.78, 5) is 23.3. The number of carboxylic acid groups (broad SMARTS) is 1. The van der Waals surface area contributed by atoms with Gasteiger partial charge in [0.1, 0.15) is 6.04 Å². The Balaban J connectivity index is 2.98. The van der Waals surface area contributed by atoms with Crippen LogP contribution in [-0.4, -0.2) is 23.0 Å². The van der Waals surface area contributed by atoms with Crippen molar-refractivity contribution in [1.29, 1.82) is 0 Å². The van der Waals surface area contributed by atoms with Crippen LogP contribution in [0.1, 0.15) is 31.1 Å². The molecule has 1 aromatic rings. The smallest absolute Gasteiger partial charge is 0.326 e. The first-order valence-corrected chi connectivity index (χ1v) is 6.78. The number of carbonyl (C=O) groups is 2. The first-order chi connectivity index (χ1) is 8.62. The Morgan fingerprint density at radius 3 is 2.37 bits per heavy atom. The molecule has 0 heterocycles. The van der Waals surface area contributed by atoms with Crippen LogP contribution in [0.25, 0.3) is 0 Å². The first kappa shape index (κ1) is 16.0. The number of halogens is 2. The number of nitrogens with one attached hydrogen (secondary N) is 1. The fourth-order valence-corrected chi connectivity index (χ4v) is 2.39. The van der Waals surface area contributed by atoms with Crippen molar-refractivity contribution in [2.45, 2.75) is 26.8 Å². The minimum atomic E-state index is -1.06. The maximum absolute atomic E-state index is 12.1. The number of carboxylic acids is 1. The Morgan fingerprint density at radius 1 is 1.37 bits per heavy atom. The number of rotatable bonds is 3. The van der Waals surface area contributed by atoms with E-state index in [-0.39, 0.29) is 0 Å². The van der Waals surface area contributed by atoms with Crippen LogP contribution in [0.4, 0.5) is 0 Å². The van der Waals surface area contributed by atoms with Gasteiger partial charge in [0.25, 0.3) is 5.91 Å². The van der Waals surface area contributed by atoms with Crippen molar-refractivity contribution in [2.24, 2.45) is 5.41 Å². The van der Waals surface area contributed by atoms with Crippen molar-refractivity contribution in [2.75, 3.05) is 0 Å². The number of hydrogen-bond donors (Lipinski definition) is 2. The van der Waals surface area contributed by atoms with Gasteiger partial charge in [-0.3, -0.25) is 4.79 Å². The molecule has 1 rings (SSSR count). The Bertz CT molecular complexity index is 511. The highest BCUT2D eigenvalue weighted by Gasteiger charge is 2.33. The third kappa shape index (κ3) is 4.21. The largest absolute Gasteiger partial charge is 0.480 e. The predicted molar refractivity (Wildman–Crippen MR) is 77.5 cm³/mol. The molecule has 0 bridgehead atoms. The molecule has 6 heteroatoms. The van der Waals surface area contributed by atoms with Crippen LogP contribution >= 0.6 is 27.5 Å². The summed E-state index contributed by atoms with van der Waals surface area (Å²) in [5.41, 5.74) is -0.236. The number of amides is 1. The van der Waals surface area contributed by atoms with E-state index in [9.17, 15) is 14.7 Å². The van der Waals surface area contributed by atoms with Crippen LogP contribution < -0.4 is 5.32 Å². The van der Waals surface area contributed by atoms with Crippen LogP contribution in [0.3, 0.4) is 0 Å². The molecule has 19 heavy (non-hydrogen) atoms. The predicted octanol–water partition coefficient (Wildman–Crippen LogP) is 3.33. The Morgan fingerprint density at radius 2 is 1.95 bits per heavy atom. The highest BCUT2D eigenvalue weighted by atomic mass is 79.9. The average Bonchev–Trinajstić information content (AvgIpc) is 2.23. The minimum absolute atomic E-state index is 0.347. The van der Waals surface area contributed by atoms with Gasteiger partial charge in [0.15, 0.2) is 0 Å². The first-order valence-electron chi connectivity index (χ1n) is 5.61. The maximum atomic E-state index is 12.1. The highest BCUT2D eigenvalue weighted by Crippen LogP contribution is 2.23. The fourth-order valence-electron chi connectivity index (χ4n) is 1.53. The lowest BCUT2D eigenvalue weighted by Gasteiger charge is -2.27. The summed E-state index contributed by atoms with van der Waals surface area (Å²) in [6.45, 7) is 5.26. The monoisotopic (exact) mass is 347 g/mol. The summed E-state index contributed by atoms with van der Waals surface area (Å²) in [6.07, 6.45) is 0. The molecule has 0 aliphatic heterocycles. The van der Waals surface area contributed by atoms with Crippen LogP contribution in [0, 0.1) is 5.41 Å². The zero-order valence-electron chi connectivity index (χ0n) is 10.8. The molecule has 0 saturated carbocycles. The molecule has 0 radical (unpaired) electrons. The van der Waals surface area contributed by atoms with E-state index in [1.165, 1.54) is 0 Å². The Hall–Kier alpha value is -1.07. The molecule has 0 saturated heterocycles. The lowest BCUT2D eigenvalue weighted by atomic mass is 9.86. The normalized spacial score (nSPS) is 12.9. The van der Waals surface area contributed by atoms with Gasteiger partial charge in [-0.1, -0.05) is 32.4 Å². The molecular weight excluding hydrogens is 334 g/mol. The van der Waals surface area contributed by atoms with E-state index < -0.39 is 23.3 Å². The second kappa shape index (κ2) is 5.92. The molecule has 1 atom stereocenters. The second-order valence-corrected chi connectivity index (χ2v) is 6.53. The summed E-state index contributed by atoms with van der Waals surface area (Å²) in [7, 11) is 0. The molecule has 0 spiro atoms. The van der Waals surface area contributed by atoms with Gasteiger partial charge in [-0.25, -0.2) is 4.79 Å². The van der Waals surface area contributed by atoms with Crippen molar-refractivity contribution in [1.82, 2.24) is 5.32 Å². The molecule has 104 valence electrons. The highest BCUT2D eigenvalue weighted by molar-refractivity contribution is 9.10. The van der Waals surface area contributed by atoms with Gasteiger partial charge in [-0.15, -0.1) is 0 Å². The van der Waals surface area contributed by atoms with Crippen molar-refractivity contribution in [3.63, 3.8) is 0 Å². The van der Waals surface area contributed by atoms with Crippen LogP contribution in [0.5, 0.6) is 0 Å². The van der Waals surface area contributed by atoms with Crippen LogP contribution in [0.2, 0.25) is 5.02 Å². The third-order valence-corrected chi connectivity index (χ3v) is 3.46. The fraction of sp³-hybridized carbons (Fsp3) is 0.385. The van der Waals surface area contributed by atoms with Crippen molar-refractivity contribution < 1.29 is 14.7 Å². The number of hydrogen-bond acceptors (Lipinski definition) is 2. The van der Waals surface area contributed by atoms with E-state index in [1.807, 2.05) is 0 Å². The molecule has 0 aliphatic rings. The van der Waals surface area contributed by atoms with Gasteiger partial charge in [-0.05, 0) is 39.5 Å². The van der Waals surface area contributed by atoms with E-state index in [0.29, 0.717) is 15.1 Å². The SMILES string of the molecule is CC(C)(C)[C@H](NC(=O)c1ccc(Cl)cc1Br)C(=O)O. The summed E-state index contributed by atoms with van der Waals surface area (Å²) in [5, 5.41) is 12.2. The molecule has 4 nitrogen and oxygen atoms in total. The molecule has 0 unspecified atom stereocenters. The summed E-state index contributed by atoms with van der Waals surface area (Å²) >= 11 is 9.03. The molecule has 2 N–H and O–H groups in total. The summed E-state index contributed by atoms with van der Waals surface area (Å²) in [6, 6.07) is 3.74. The van der Waals surface area contributed by atoms with Gasteiger partial charge >= 0.3 is 5.97 Å². The summed E-state index contributed by atoms with van der Waals surface area (Å²) < 4.78 is 0.524. The van der Waals surface area contributed by atoms with Gasteiger partial charge < -0.3 is 10.4 Å². The molecule has 1 aromatic carbocycles. The standard InChI is InChI=1S/C13H15BrClNO3/c1-13(2,3)10(12(18)19)16-11(17)8-5-4-7(15)6-9(8)14/h4-6,10H,1-3H3,(H,16,17)(H,18,19)/t10-/m1/s1. The molecule has 0 aromatic heterocycles. The average molecular weight is 349 g/mol. The Kier molecular flexibility index (Phi) is 4.98. The van der Waals surface area contributed by atoms with E-state index in [0.717, 1.165) is 0 Å². The second-order valence-electron chi connectivity index (χ2n) is 5.23. The summed E-state index contributed by atoms with van der Waals surface area (Å²) in [5.74, 6) is -1.52. The van der Waals surface area contributed by atoms with Gasteiger partial charge in [0, 0.05) is 9.50 Å². The molecule has 0 aliphatic carbocycles. The molecule has 0 fully saturated rings. The lowest BCUT2D eigenvalue weighted by Crippen LogP contribution is -2.49. The maximum Gasteiger partial charge on any atom is 0.326 e. The zero-order chi connectivity index (χ0) is 14.8. The molecule has 1 amide bonds. The van der Waals surface area contributed by atoms with Crippen molar-refractivity contribution >= 4 is 39.4 Å². The number of aliphatic carboxylic acids is 1. The van der Waals surface area contributed by atoms with Gasteiger partial charge in [0.2, 0.25) is 0 Å². The topological polar surface area (TPSA) is 66.4 Å². The van der Waals surface area contributed by atoms with Crippen molar-refractivity contribution in [3.8, 4) is 0 Å². The minimum Gasteiger partial charge on any atom is -0.480 e. The number of benzene rings is 1. The lowest BCUT2D eigenvalue weighted by molar-refractivity contribution is -0.142. The van der Waals surface area contributed by atoms with E-state index in [2.05, 4.69) is 21.2 Å². The van der Waals surface area contributed by atoms with Gasteiger partial charge in [-0.2, -0.15) is 0 Å². The van der Waals surface area contributed by atoms with Crippen molar-refractivity contribution in [3.05, 3.63) is 33.3 Å².